The molecule has 150 valence electrons. The number of phenols is 1. The monoisotopic (exact) mass is 414 g/mol. The van der Waals surface area contributed by atoms with Crippen LogP contribution in [0.5, 0.6) is 5.75 Å². The van der Waals surface area contributed by atoms with Crippen LogP contribution in [-0.4, -0.2) is 23.0 Å². The molecule has 0 bridgehead atoms. The Bertz CT molecular complexity index is 1140. The summed E-state index contributed by atoms with van der Waals surface area (Å²) in [4.78, 5) is 36.1. The first-order chi connectivity index (χ1) is 13.7. The average molecular weight is 415 g/mol. The number of aryl methyl sites for hydroxylation is 1. The van der Waals surface area contributed by atoms with Gasteiger partial charge >= 0.3 is 5.63 Å². The molecule has 1 aromatic heterocycles. The van der Waals surface area contributed by atoms with E-state index in [9.17, 15) is 24.6 Å². The zero-order valence-electron chi connectivity index (χ0n) is 15.4. The van der Waals surface area contributed by atoms with Crippen molar-refractivity contribution in [2.45, 2.75) is 25.8 Å². The molecule has 3 aromatic rings. The van der Waals surface area contributed by atoms with Crippen molar-refractivity contribution in [1.82, 2.24) is 5.32 Å². The van der Waals surface area contributed by atoms with Crippen LogP contribution in [0, 0.1) is 6.92 Å². The Labute approximate surface area is 170 Å². The molecule has 0 spiro atoms. The van der Waals surface area contributed by atoms with E-state index < -0.39 is 23.5 Å². The molecule has 0 fully saturated rings. The minimum Gasteiger partial charge on any atom is -0.548 e. The van der Waals surface area contributed by atoms with Crippen LogP contribution in [0.25, 0.3) is 11.0 Å². The summed E-state index contributed by atoms with van der Waals surface area (Å²) in [7, 11) is 0. The molecule has 0 aliphatic heterocycles. The molecule has 29 heavy (non-hydrogen) atoms. The lowest BCUT2D eigenvalue weighted by Crippen LogP contribution is -2.49. The highest BCUT2D eigenvalue weighted by molar-refractivity contribution is 6.30. The van der Waals surface area contributed by atoms with Crippen molar-refractivity contribution in [1.29, 1.82) is 0 Å². The van der Waals surface area contributed by atoms with Gasteiger partial charge in [0.2, 0.25) is 5.91 Å². The number of amides is 1. The number of hydrogen-bond acceptors (Lipinski definition) is 6. The minimum atomic E-state index is -1.44. The van der Waals surface area contributed by atoms with Crippen molar-refractivity contribution in [3.63, 3.8) is 0 Å². The highest BCUT2D eigenvalue weighted by Crippen LogP contribution is 2.23. The lowest BCUT2D eigenvalue weighted by molar-refractivity contribution is -0.308. The summed E-state index contributed by atoms with van der Waals surface area (Å²) in [5, 5.41) is 24.4. The Morgan fingerprint density at radius 3 is 2.55 bits per heavy atom. The van der Waals surface area contributed by atoms with Crippen molar-refractivity contribution < 1.29 is 24.2 Å². The quantitative estimate of drug-likeness (QED) is 0.589. The van der Waals surface area contributed by atoms with Gasteiger partial charge in [0.25, 0.3) is 0 Å². The number of aliphatic carboxylic acids is 1. The van der Waals surface area contributed by atoms with Gasteiger partial charge < -0.3 is 24.7 Å². The van der Waals surface area contributed by atoms with Crippen LogP contribution in [0.15, 0.2) is 51.7 Å². The van der Waals surface area contributed by atoms with E-state index in [0.717, 1.165) is 0 Å². The Morgan fingerprint density at radius 1 is 1.21 bits per heavy atom. The zero-order valence-corrected chi connectivity index (χ0v) is 16.2. The predicted molar refractivity (Wildman–Crippen MR) is 105 cm³/mol. The highest BCUT2D eigenvalue weighted by atomic mass is 35.5. The van der Waals surface area contributed by atoms with Crippen molar-refractivity contribution >= 4 is 34.4 Å². The summed E-state index contributed by atoms with van der Waals surface area (Å²) >= 11 is 5.81. The number of fused-ring (bicyclic) bond motifs is 1. The summed E-state index contributed by atoms with van der Waals surface area (Å²) in [5.74, 6) is -2.14. The first-order valence-corrected chi connectivity index (χ1v) is 9.12. The van der Waals surface area contributed by atoms with Gasteiger partial charge in [-0.15, -0.1) is 0 Å². The van der Waals surface area contributed by atoms with Crippen molar-refractivity contribution in [2.24, 2.45) is 0 Å². The normalized spacial score (nSPS) is 11.9. The van der Waals surface area contributed by atoms with Crippen LogP contribution < -0.4 is 16.0 Å². The largest absolute Gasteiger partial charge is 0.548 e. The number of halogens is 1. The number of carboxylic acid groups (broad SMARTS) is 1. The molecule has 0 aliphatic rings. The Balaban J connectivity index is 1.79. The SMILES string of the molecule is Cc1c(CC(=O)N[C@@H](Cc2ccc(Cl)cc2)C(=O)[O-])c(=O)oc2cc(O)ccc12. The van der Waals surface area contributed by atoms with E-state index in [1.807, 2.05) is 0 Å². The molecule has 1 heterocycles. The van der Waals surface area contributed by atoms with Gasteiger partial charge in [-0.2, -0.15) is 0 Å². The van der Waals surface area contributed by atoms with E-state index in [0.29, 0.717) is 21.5 Å². The summed E-state index contributed by atoms with van der Waals surface area (Å²) in [6.07, 6.45) is -0.342. The predicted octanol–water partition coefficient (Wildman–Crippen LogP) is 1.48. The lowest BCUT2D eigenvalue weighted by atomic mass is 10.0. The fraction of sp³-hybridized carbons (Fsp3) is 0.190. The molecular weight excluding hydrogens is 398 g/mol. The van der Waals surface area contributed by atoms with Crippen molar-refractivity contribution in [3.05, 3.63) is 74.6 Å². The van der Waals surface area contributed by atoms with E-state index in [1.165, 1.54) is 12.1 Å². The summed E-state index contributed by atoms with van der Waals surface area (Å²) in [6.45, 7) is 1.66. The fourth-order valence-electron chi connectivity index (χ4n) is 3.04. The van der Waals surface area contributed by atoms with Crippen LogP contribution in [0.3, 0.4) is 0 Å². The maximum atomic E-state index is 12.4. The standard InChI is InChI=1S/C21H18ClNO6/c1-11-15-7-6-14(24)9-18(15)29-21(28)16(11)10-19(25)23-17(20(26)27)8-12-2-4-13(22)5-3-12/h2-7,9,17,24H,8,10H2,1H3,(H,23,25)(H,26,27)/p-1/t17-/m0/s1. The maximum Gasteiger partial charge on any atom is 0.340 e. The Hall–Kier alpha value is -3.32. The summed E-state index contributed by atoms with van der Waals surface area (Å²) in [5.41, 5.74) is 0.772. The molecule has 0 saturated heterocycles. The number of benzene rings is 2. The van der Waals surface area contributed by atoms with E-state index >= 15 is 0 Å². The second-order valence-corrected chi connectivity index (χ2v) is 7.06. The van der Waals surface area contributed by atoms with Gasteiger partial charge in [-0.25, -0.2) is 4.79 Å². The van der Waals surface area contributed by atoms with Gasteiger partial charge in [-0.05, 0) is 48.7 Å². The van der Waals surface area contributed by atoms with Crippen LogP contribution in [-0.2, 0) is 22.4 Å². The fourth-order valence-corrected chi connectivity index (χ4v) is 3.17. The van der Waals surface area contributed by atoms with Crippen molar-refractivity contribution in [3.8, 4) is 5.75 Å². The first kappa shape index (κ1) is 20.4. The van der Waals surface area contributed by atoms with Gasteiger partial charge in [0, 0.05) is 16.5 Å². The molecule has 2 N–H and O–H groups in total. The Kier molecular flexibility index (Phi) is 5.89. The molecule has 7 nitrogen and oxygen atoms in total. The zero-order chi connectivity index (χ0) is 21.1. The van der Waals surface area contributed by atoms with E-state index in [2.05, 4.69) is 5.32 Å². The lowest BCUT2D eigenvalue weighted by Gasteiger charge is -2.20. The van der Waals surface area contributed by atoms with E-state index in [1.54, 1.807) is 37.3 Å². The van der Waals surface area contributed by atoms with Gasteiger partial charge in [-0.3, -0.25) is 4.79 Å². The summed E-state index contributed by atoms with van der Waals surface area (Å²) in [6, 6.07) is 9.61. The van der Waals surface area contributed by atoms with Crippen LogP contribution >= 0.6 is 11.6 Å². The third-order valence-corrected chi connectivity index (χ3v) is 4.83. The number of hydrogen-bond donors (Lipinski definition) is 2. The Morgan fingerprint density at radius 2 is 1.90 bits per heavy atom. The average Bonchev–Trinajstić information content (AvgIpc) is 2.66. The number of carboxylic acids is 1. The molecule has 0 aliphatic carbocycles. The van der Waals surface area contributed by atoms with Gasteiger partial charge in [0.05, 0.1) is 24.0 Å². The molecule has 2 aromatic carbocycles. The van der Waals surface area contributed by atoms with E-state index in [4.69, 9.17) is 16.0 Å². The van der Waals surface area contributed by atoms with Gasteiger partial charge in [0.15, 0.2) is 0 Å². The third-order valence-electron chi connectivity index (χ3n) is 4.58. The van der Waals surface area contributed by atoms with Crippen LogP contribution in [0.4, 0.5) is 0 Å². The van der Waals surface area contributed by atoms with Crippen LogP contribution in [0.2, 0.25) is 5.02 Å². The summed E-state index contributed by atoms with van der Waals surface area (Å²) < 4.78 is 5.18. The molecular formula is C21H17ClNO6-. The number of carbonyl (C=O) groups is 2. The topological polar surface area (TPSA) is 120 Å². The number of aromatic hydroxyl groups is 1. The second kappa shape index (κ2) is 8.36. The second-order valence-electron chi connectivity index (χ2n) is 6.62. The molecule has 0 saturated carbocycles. The minimum absolute atomic E-state index is 0.00975. The molecule has 3 rings (SSSR count). The van der Waals surface area contributed by atoms with Crippen molar-refractivity contribution in [2.75, 3.05) is 0 Å². The smallest absolute Gasteiger partial charge is 0.340 e. The maximum absolute atomic E-state index is 12.4. The van der Waals surface area contributed by atoms with E-state index in [-0.39, 0.29) is 29.7 Å². The van der Waals surface area contributed by atoms with Gasteiger partial charge in [-0.1, -0.05) is 23.7 Å². The number of rotatable bonds is 6. The highest BCUT2D eigenvalue weighted by Gasteiger charge is 2.19. The number of nitrogens with one attached hydrogen (secondary N) is 1. The van der Waals surface area contributed by atoms with Crippen LogP contribution in [0.1, 0.15) is 16.7 Å². The molecule has 0 radical (unpaired) electrons. The third kappa shape index (κ3) is 4.75. The molecule has 1 amide bonds. The number of phenolic OH excluding ortho intramolecular Hbond substituents is 1. The molecule has 0 unspecified atom stereocenters. The molecule has 1 atom stereocenters. The number of carbonyl (C=O) groups excluding carboxylic acids is 2. The molecule has 8 heteroatoms. The first-order valence-electron chi connectivity index (χ1n) is 8.74. The van der Waals surface area contributed by atoms with Gasteiger partial charge in [0.1, 0.15) is 11.3 Å².